The van der Waals surface area contributed by atoms with Gasteiger partial charge in [-0.3, -0.25) is 9.59 Å². The van der Waals surface area contributed by atoms with Crippen molar-refractivity contribution < 1.29 is 23.9 Å². The standard InChI is InChI=1S/C27H29ClN2O5/c1-5-34-27(33)25-18(4)30(15-17(2)3)26(32)23(25)13-19-9-11-22(12-10-19)35-16-24(31)29-21-8-6-7-20(28)14-21/h6-14,17H,5,15-16H2,1-4H3,(H,29,31)/b23-13-. The van der Waals surface area contributed by atoms with Gasteiger partial charge in [0.05, 0.1) is 17.8 Å². The topological polar surface area (TPSA) is 84.9 Å². The van der Waals surface area contributed by atoms with Crippen LogP contribution in [0.4, 0.5) is 5.69 Å². The van der Waals surface area contributed by atoms with E-state index in [1.54, 1.807) is 73.4 Å². The SMILES string of the molecule is CCOC(=O)C1=C(C)N(CC(C)C)C(=O)/C1=C\c1ccc(OCC(=O)Nc2cccc(Cl)c2)cc1. The van der Waals surface area contributed by atoms with Crippen LogP contribution in [0.5, 0.6) is 5.75 Å². The molecule has 0 aliphatic carbocycles. The number of esters is 1. The number of carbonyl (C=O) groups excluding carboxylic acids is 3. The molecule has 0 unspecified atom stereocenters. The number of carbonyl (C=O) groups is 3. The van der Waals surface area contributed by atoms with E-state index in [-0.39, 0.29) is 36.5 Å². The molecule has 3 rings (SSSR count). The third-order valence-corrected chi connectivity index (χ3v) is 5.44. The molecular formula is C27H29ClN2O5. The van der Waals surface area contributed by atoms with Crippen LogP contribution in [0, 0.1) is 5.92 Å². The Labute approximate surface area is 210 Å². The molecule has 1 N–H and O–H groups in total. The Balaban J connectivity index is 1.72. The molecule has 0 radical (unpaired) electrons. The number of hydrogen-bond acceptors (Lipinski definition) is 5. The maximum absolute atomic E-state index is 13.1. The molecule has 7 nitrogen and oxygen atoms in total. The Morgan fingerprint density at radius 2 is 1.86 bits per heavy atom. The third kappa shape index (κ3) is 6.73. The average molecular weight is 497 g/mol. The summed E-state index contributed by atoms with van der Waals surface area (Å²) in [5.74, 6) is -0.326. The van der Waals surface area contributed by atoms with Crippen LogP contribution in [0.1, 0.15) is 33.3 Å². The molecule has 0 spiro atoms. The normalized spacial score (nSPS) is 14.6. The van der Waals surface area contributed by atoms with Gasteiger partial charge in [-0.15, -0.1) is 0 Å². The number of nitrogens with zero attached hydrogens (tertiary/aromatic N) is 1. The van der Waals surface area contributed by atoms with Crippen molar-refractivity contribution in [2.24, 2.45) is 5.92 Å². The van der Waals surface area contributed by atoms with Gasteiger partial charge in [0.25, 0.3) is 11.8 Å². The van der Waals surface area contributed by atoms with Gasteiger partial charge in [0.1, 0.15) is 5.75 Å². The Kier molecular flexibility index (Phi) is 8.71. The average Bonchev–Trinajstić information content (AvgIpc) is 3.02. The van der Waals surface area contributed by atoms with Crippen molar-refractivity contribution in [2.75, 3.05) is 25.1 Å². The lowest BCUT2D eigenvalue weighted by molar-refractivity contribution is -0.138. The zero-order valence-electron chi connectivity index (χ0n) is 20.3. The van der Waals surface area contributed by atoms with E-state index in [1.165, 1.54) is 0 Å². The monoisotopic (exact) mass is 496 g/mol. The fourth-order valence-electron chi connectivity index (χ4n) is 3.65. The predicted octanol–water partition coefficient (Wildman–Crippen LogP) is 5.08. The van der Waals surface area contributed by atoms with E-state index in [0.717, 1.165) is 0 Å². The van der Waals surface area contributed by atoms with Crippen LogP contribution in [0.25, 0.3) is 6.08 Å². The van der Waals surface area contributed by atoms with Gasteiger partial charge in [0.2, 0.25) is 0 Å². The second-order valence-electron chi connectivity index (χ2n) is 8.46. The van der Waals surface area contributed by atoms with Crippen molar-refractivity contribution in [3.05, 3.63) is 76.0 Å². The highest BCUT2D eigenvalue weighted by atomic mass is 35.5. The Morgan fingerprint density at radius 1 is 1.14 bits per heavy atom. The van der Waals surface area contributed by atoms with Gasteiger partial charge in [-0.1, -0.05) is 43.6 Å². The number of ether oxygens (including phenoxy) is 2. The minimum atomic E-state index is -0.512. The molecule has 2 amide bonds. The lowest BCUT2D eigenvalue weighted by Gasteiger charge is -2.19. The Bertz CT molecular complexity index is 1170. The number of hydrogen-bond donors (Lipinski definition) is 1. The molecular weight excluding hydrogens is 468 g/mol. The number of nitrogens with one attached hydrogen (secondary N) is 1. The first-order chi connectivity index (χ1) is 16.7. The van der Waals surface area contributed by atoms with Crippen molar-refractivity contribution in [3.8, 4) is 5.75 Å². The zero-order chi connectivity index (χ0) is 25.5. The minimum absolute atomic E-state index is 0.176. The summed E-state index contributed by atoms with van der Waals surface area (Å²) in [7, 11) is 0. The second-order valence-corrected chi connectivity index (χ2v) is 8.90. The number of halogens is 1. The van der Waals surface area contributed by atoms with Crippen molar-refractivity contribution in [1.82, 2.24) is 4.90 Å². The molecule has 2 aromatic rings. The highest BCUT2D eigenvalue weighted by molar-refractivity contribution is 6.30. The number of amides is 2. The van der Waals surface area contributed by atoms with E-state index < -0.39 is 5.97 Å². The van der Waals surface area contributed by atoms with E-state index in [4.69, 9.17) is 21.1 Å². The van der Waals surface area contributed by atoms with Gasteiger partial charge in [-0.05, 0) is 61.7 Å². The number of allylic oxidation sites excluding steroid dienone is 1. The Morgan fingerprint density at radius 3 is 2.49 bits per heavy atom. The van der Waals surface area contributed by atoms with Crippen molar-refractivity contribution >= 4 is 41.1 Å². The first-order valence-corrected chi connectivity index (χ1v) is 11.8. The molecule has 8 heteroatoms. The highest BCUT2D eigenvalue weighted by Crippen LogP contribution is 2.32. The molecule has 0 bridgehead atoms. The van der Waals surface area contributed by atoms with E-state index in [1.807, 2.05) is 13.8 Å². The first kappa shape index (κ1) is 26.0. The van der Waals surface area contributed by atoms with Gasteiger partial charge in [-0.25, -0.2) is 4.79 Å². The van der Waals surface area contributed by atoms with E-state index in [2.05, 4.69) is 5.32 Å². The fraction of sp³-hybridized carbons (Fsp3) is 0.296. The summed E-state index contributed by atoms with van der Waals surface area (Å²) in [4.78, 5) is 39.5. The summed E-state index contributed by atoms with van der Waals surface area (Å²) < 4.78 is 10.8. The second kappa shape index (κ2) is 11.7. The van der Waals surface area contributed by atoms with Crippen molar-refractivity contribution in [3.63, 3.8) is 0 Å². The van der Waals surface area contributed by atoms with Crippen LogP contribution in [0.15, 0.2) is 65.4 Å². The van der Waals surface area contributed by atoms with Crippen LogP contribution in [-0.2, 0) is 19.1 Å². The number of rotatable bonds is 9. The van der Waals surface area contributed by atoms with Crippen molar-refractivity contribution in [1.29, 1.82) is 0 Å². The van der Waals surface area contributed by atoms with E-state index >= 15 is 0 Å². The molecule has 0 aromatic heterocycles. The summed E-state index contributed by atoms with van der Waals surface area (Å²) in [5.41, 5.74) is 2.48. The summed E-state index contributed by atoms with van der Waals surface area (Å²) in [6.07, 6.45) is 1.67. The maximum atomic E-state index is 13.1. The largest absolute Gasteiger partial charge is 0.484 e. The summed E-state index contributed by atoms with van der Waals surface area (Å²) in [6.45, 7) is 8.07. The number of anilines is 1. The zero-order valence-corrected chi connectivity index (χ0v) is 21.0. The molecule has 1 aliphatic rings. The van der Waals surface area contributed by atoms with Crippen molar-refractivity contribution in [2.45, 2.75) is 27.7 Å². The molecule has 184 valence electrons. The smallest absolute Gasteiger partial charge is 0.340 e. The van der Waals surface area contributed by atoms with Gasteiger partial charge >= 0.3 is 5.97 Å². The highest BCUT2D eigenvalue weighted by Gasteiger charge is 2.37. The number of benzene rings is 2. The first-order valence-electron chi connectivity index (χ1n) is 11.4. The van der Waals surface area contributed by atoms with Gasteiger partial charge in [0.15, 0.2) is 6.61 Å². The summed E-state index contributed by atoms with van der Waals surface area (Å²) in [5, 5.41) is 3.24. The molecule has 1 aliphatic heterocycles. The van der Waals surface area contributed by atoms with Gasteiger partial charge < -0.3 is 19.7 Å². The summed E-state index contributed by atoms with van der Waals surface area (Å²) >= 11 is 5.93. The predicted molar refractivity (Wildman–Crippen MR) is 136 cm³/mol. The van der Waals surface area contributed by atoms with E-state index in [9.17, 15) is 14.4 Å². The Hall–Kier alpha value is -3.58. The van der Waals surface area contributed by atoms with E-state index in [0.29, 0.717) is 39.8 Å². The lowest BCUT2D eigenvalue weighted by Crippen LogP contribution is -2.28. The molecule has 0 saturated carbocycles. The molecule has 2 aromatic carbocycles. The quantitative estimate of drug-likeness (QED) is 0.386. The van der Waals surface area contributed by atoms with Crippen LogP contribution in [-0.4, -0.2) is 42.4 Å². The molecule has 0 saturated heterocycles. The summed E-state index contributed by atoms with van der Waals surface area (Å²) in [6, 6.07) is 13.8. The fourth-order valence-corrected chi connectivity index (χ4v) is 3.84. The molecule has 35 heavy (non-hydrogen) atoms. The lowest BCUT2D eigenvalue weighted by atomic mass is 10.0. The maximum Gasteiger partial charge on any atom is 0.340 e. The van der Waals surface area contributed by atoms with Crippen LogP contribution in [0.3, 0.4) is 0 Å². The van der Waals surface area contributed by atoms with Crippen LogP contribution >= 0.6 is 11.6 Å². The molecule has 0 fully saturated rings. The van der Waals surface area contributed by atoms with Gasteiger partial charge in [-0.2, -0.15) is 0 Å². The minimum Gasteiger partial charge on any atom is -0.484 e. The van der Waals surface area contributed by atoms with Gasteiger partial charge in [0, 0.05) is 23.0 Å². The van der Waals surface area contributed by atoms with Crippen LogP contribution < -0.4 is 10.1 Å². The molecule has 1 heterocycles. The molecule has 0 atom stereocenters. The van der Waals surface area contributed by atoms with Crippen LogP contribution in [0.2, 0.25) is 5.02 Å². The third-order valence-electron chi connectivity index (χ3n) is 5.21.